The molecule has 0 aliphatic carbocycles. The molecule has 0 saturated carbocycles. The van der Waals surface area contributed by atoms with Crippen molar-refractivity contribution in [2.45, 2.75) is 32.9 Å². The van der Waals surface area contributed by atoms with E-state index in [0.29, 0.717) is 23.8 Å². The molecule has 0 heterocycles. The molecule has 2 rings (SSSR count). The van der Waals surface area contributed by atoms with Crippen LogP contribution in [0.5, 0.6) is 0 Å². The van der Waals surface area contributed by atoms with E-state index >= 15 is 0 Å². The van der Waals surface area contributed by atoms with Crippen LogP contribution < -0.4 is 16.0 Å². The summed E-state index contributed by atoms with van der Waals surface area (Å²) in [6.07, 6.45) is 0.972. The minimum atomic E-state index is -0.139. The first kappa shape index (κ1) is 18.7. The molecule has 2 amide bonds. The number of hydrogen-bond acceptors (Lipinski definition) is 3. The first-order valence-electron chi connectivity index (χ1n) is 8.54. The first-order chi connectivity index (χ1) is 12.1. The van der Waals surface area contributed by atoms with Crippen LogP contribution in [0.1, 0.15) is 36.2 Å². The van der Waals surface area contributed by atoms with Crippen molar-refractivity contribution in [1.82, 2.24) is 10.6 Å². The van der Waals surface area contributed by atoms with Crippen LogP contribution in [0.15, 0.2) is 54.6 Å². The maximum absolute atomic E-state index is 12.2. The SMILES string of the molecule is CCC(C)NCC(=O)Nc1ccc(C(=O)NCc2ccccc2)cc1. The van der Waals surface area contributed by atoms with Crippen molar-refractivity contribution in [3.8, 4) is 0 Å². The van der Waals surface area contributed by atoms with Gasteiger partial charge >= 0.3 is 0 Å². The second-order valence-electron chi connectivity index (χ2n) is 5.98. The highest BCUT2D eigenvalue weighted by molar-refractivity contribution is 5.96. The van der Waals surface area contributed by atoms with E-state index in [4.69, 9.17) is 0 Å². The Balaban J connectivity index is 1.82. The van der Waals surface area contributed by atoms with Gasteiger partial charge in [-0.15, -0.1) is 0 Å². The smallest absolute Gasteiger partial charge is 0.251 e. The van der Waals surface area contributed by atoms with Crippen LogP contribution in [0.4, 0.5) is 5.69 Å². The first-order valence-corrected chi connectivity index (χ1v) is 8.54. The lowest BCUT2D eigenvalue weighted by atomic mass is 10.1. The number of anilines is 1. The molecule has 0 bridgehead atoms. The summed E-state index contributed by atoms with van der Waals surface area (Å²) in [5.41, 5.74) is 2.29. The summed E-state index contributed by atoms with van der Waals surface area (Å²) in [6, 6.07) is 16.9. The minimum Gasteiger partial charge on any atom is -0.348 e. The summed E-state index contributed by atoms with van der Waals surface area (Å²) >= 11 is 0. The number of carbonyl (C=O) groups excluding carboxylic acids is 2. The third-order valence-electron chi connectivity index (χ3n) is 3.95. The molecule has 25 heavy (non-hydrogen) atoms. The second-order valence-corrected chi connectivity index (χ2v) is 5.98. The van der Waals surface area contributed by atoms with Gasteiger partial charge in [-0.25, -0.2) is 0 Å². The number of amides is 2. The normalized spacial score (nSPS) is 11.6. The van der Waals surface area contributed by atoms with E-state index in [-0.39, 0.29) is 18.4 Å². The summed E-state index contributed by atoms with van der Waals surface area (Å²) in [5.74, 6) is -0.234. The van der Waals surface area contributed by atoms with E-state index < -0.39 is 0 Å². The van der Waals surface area contributed by atoms with E-state index in [9.17, 15) is 9.59 Å². The average Bonchev–Trinajstić information content (AvgIpc) is 2.65. The molecule has 1 atom stereocenters. The number of rotatable bonds is 8. The Kier molecular flexibility index (Phi) is 7.16. The number of carbonyl (C=O) groups is 2. The summed E-state index contributed by atoms with van der Waals surface area (Å²) in [6.45, 7) is 4.86. The van der Waals surface area contributed by atoms with Crippen LogP contribution in [0.2, 0.25) is 0 Å². The van der Waals surface area contributed by atoms with E-state index in [1.165, 1.54) is 0 Å². The van der Waals surface area contributed by atoms with Crippen molar-refractivity contribution in [2.75, 3.05) is 11.9 Å². The molecule has 5 heteroatoms. The highest BCUT2D eigenvalue weighted by Crippen LogP contribution is 2.10. The predicted octanol–water partition coefficient (Wildman–Crippen LogP) is 2.94. The molecule has 132 valence electrons. The molecule has 2 aromatic carbocycles. The van der Waals surface area contributed by atoms with Gasteiger partial charge in [-0.05, 0) is 43.2 Å². The number of hydrogen-bond donors (Lipinski definition) is 3. The highest BCUT2D eigenvalue weighted by atomic mass is 16.2. The number of benzene rings is 2. The molecule has 0 fully saturated rings. The van der Waals surface area contributed by atoms with Gasteiger partial charge in [0.1, 0.15) is 0 Å². The van der Waals surface area contributed by atoms with Crippen molar-refractivity contribution in [3.05, 3.63) is 65.7 Å². The van der Waals surface area contributed by atoms with Gasteiger partial charge in [0.05, 0.1) is 6.54 Å². The molecule has 3 N–H and O–H groups in total. The molecule has 0 aliphatic heterocycles. The summed E-state index contributed by atoms with van der Waals surface area (Å²) in [4.78, 5) is 24.0. The molecule has 2 aromatic rings. The molecule has 0 radical (unpaired) electrons. The Bertz CT molecular complexity index is 684. The van der Waals surface area contributed by atoms with Gasteiger partial charge in [-0.1, -0.05) is 37.3 Å². The maximum atomic E-state index is 12.2. The predicted molar refractivity (Wildman–Crippen MR) is 100 cm³/mol. The zero-order valence-corrected chi connectivity index (χ0v) is 14.7. The lowest BCUT2D eigenvalue weighted by molar-refractivity contribution is -0.115. The molecular weight excluding hydrogens is 314 g/mol. The maximum Gasteiger partial charge on any atom is 0.251 e. The Morgan fingerprint density at radius 2 is 1.68 bits per heavy atom. The fraction of sp³-hybridized carbons (Fsp3) is 0.300. The number of nitrogens with one attached hydrogen (secondary N) is 3. The topological polar surface area (TPSA) is 70.2 Å². The van der Waals surface area contributed by atoms with E-state index in [1.54, 1.807) is 24.3 Å². The van der Waals surface area contributed by atoms with Gasteiger partial charge in [-0.2, -0.15) is 0 Å². The Hall–Kier alpha value is -2.66. The van der Waals surface area contributed by atoms with Crippen LogP contribution in [-0.4, -0.2) is 24.4 Å². The Morgan fingerprint density at radius 1 is 1.00 bits per heavy atom. The van der Waals surface area contributed by atoms with Crippen molar-refractivity contribution in [2.24, 2.45) is 0 Å². The van der Waals surface area contributed by atoms with Gasteiger partial charge in [-0.3, -0.25) is 9.59 Å². The lowest BCUT2D eigenvalue weighted by Gasteiger charge is -2.11. The molecule has 0 aromatic heterocycles. The van der Waals surface area contributed by atoms with Gasteiger partial charge in [0, 0.05) is 23.8 Å². The fourth-order valence-electron chi connectivity index (χ4n) is 2.20. The standard InChI is InChI=1S/C20H25N3O2/c1-3-15(2)21-14-19(24)23-18-11-9-17(10-12-18)20(25)22-13-16-7-5-4-6-8-16/h4-12,15,21H,3,13-14H2,1-2H3,(H,22,25)(H,23,24). The highest BCUT2D eigenvalue weighted by Gasteiger charge is 2.07. The van der Waals surface area contributed by atoms with Crippen LogP contribution in [0.3, 0.4) is 0 Å². The van der Waals surface area contributed by atoms with Crippen molar-refractivity contribution >= 4 is 17.5 Å². The molecule has 1 unspecified atom stereocenters. The van der Waals surface area contributed by atoms with Crippen LogP contribution >= 0.6 is 0 Å². The third-order valence-corrected chi connectivity index (χ3v) is 3.95. The zero-order chi connectivity index (χ0) is 18.1. The van der Waals surface area contributed by atoms with Crippen LogP contribution in [0.25, 0.3) is 0 Å². The van der Waals surface area contributed by atoms with Gasteiger partial charge in [0.15, 0.2) is 0 Å². The van der Waals surface area contributed by atoms with Crippen molar-refractivity contribution < 1.29 is 9.59 Å². The van der Waals surface area contributed by atoms with Crippen LogP contribution in [0, 0.1) is 0 Å². The zero-order valence-electron chi connectivity index (χ0n) is 14.7. The van der Waals surface area contributed by atoms with Crippen molar-refractivity contribution in [3.63, 3.8) is 0 Å². The molecule has 0 saturated heterocycles. The largest absolute Gasteiger partial charge is 0.348 e. The minimum absolute atomic E-state index is 0.0958. The molecule has 0 spiro atoms. The third kappa shape index (κ3) is 6.39. The fourth-order valence-corrected chi connectivity index (χ4v) is 2.20. The average molecular weight is 339 g/mol. The quantitative estimate of drug-likeness (QED) is 0.692. The van der Waals surface area contributed by atoms with Crippen LogP contribution in [-0.2, 0) is 11.3 Å². The summed E-state index contributed by atoms with van der Waals surface area (Å²) in [7, 11) is 0. The Morgan fingerprint density at radius 3 is 2.32 bits per heavy atom. The Labute approximate surface area is 148 Å². The van der Waals surface area contributed by atoms with Gasteiger partial charge in [0.25, 0.3) is 5.91 Å². The summed E-state index contributed by atoms with van der Waals surface area (Å²) < 4.78 is 0. The molecular formula is C20H25N3O2. The van der Waals surface area contributed by atoms with E-state index in [1.807, 2.05) is 37.3 Å². The van der Waals surface area contributed by atoms with E-state index in [0.717, 1.165) is 12.0 Å². The van der Waals surface area contributed by atoms with Gasteiger partial charge < -0.3 is 16.0 Å². The lowest BCUT2D eigenvalue weighted by Crippen LogP contribution is -2.33. The summed E-state index contributed by atoms with van der Waals surface area (Å²) in [5, 5.41) is 8.83. The van der Waals surface area contributed by atoms with E-state index in [2.05, 4.69) is 22.9 Å². The van der Waals surface area contributed by atoms with Crippen molar-refractivity contribution in [1.29, 1.82) is 0 Å². The monoisotopic (exact) mass is 339 g/mol. The molecule has 0 aliphatic rings. The molecule has 5 nitrogen and oxygen atoms in total. The van der Waals surface area contributed by atoms with Gasteiger partial charge in [0.2, 0.25) is 5.91 Å². The second kappa shape index (κ2) is 9.59.